The van der Waals surface area contributed by atoms with Gasteiger partial charge in [-0.3, -0.25) is 14.4 Å². The molecule has 1 fully saturated rings. The molecule has 0 saturated carbocycles. The van der Waals surface area contributed by atoms with Crippen LogP contribution in [0.2, 0.25) is 0 Å². The van der Waals surface area contributed by atoms with E-state index < -0.39 is 23.1 Å². The highest BCUT2D eigenvalue weighted by Crippen LogP contribution is 2.24. The Balaban J connectivity index is 2.17. The number of rotatable bonds is 5. The number of aliphatic carboxylic acids is 1. The van der Waals surface area contributed by atoms with Gasteiger partial charge in [0.15, 0.2) is 0 Å². The highest BCUT2D eigenvalue weighted by Gasteiger charge is 2.28. The summed E-state index contributed by atoms with van der Waals surface area (Å²) >= 11 is 0. The first kappa shape index (κ1) is 16.9. The van der Waals surface area contributed by atoms with Gasteiger partial charge < -0.3 is 15.3 Å². The van der Waals surface area contributed by atoms with Crippen LogP contribution in [0.5, 0.6) is 0 Å². The zero-order valence-corrected chi connectivity index (χ0v) is 13.1. The molecular formula is C16H19FN2O4. The number of carbonyl (C=O) groups excluding carboxylic acids is 2. The molecule has 2 rings (SSSR count). The van der Waals surface area contributed by atoms with Crippen LogP contribution in [0.15, 0.2) is 18.2 Å². The Labute approximate surface area is 133 Å². The van der Waals surface area contributed by atoms with E-state index in [2.05, 4.69) is 5.32 Å². The number of nitrogens with zero attached hydrogens (tertiary/aromatic N) is 1. The quantitative estimate of drug-likeness (QED) is 0.865. The Kier molecular flexibility index (Phi) is 4.68. The van der Waals surface area contributed by atoms with Crippen molar-refractivity contribution < 1.29 is 23.9 Å². The lowest BCUT2D eigenvalue weighted by molar-refractivity contribution is -0.146. The molecule has 1 aromatic carbocycles. The highest BCUT2D eigenvalue weighted by atomic mass is 19.1. The molecule has 2 N–H and O–H groups in total. The number of benzene rings is 1. The van der Waals surface area contributed by atoms with Crippen molar-refractivity contribution in [2.45, 2.75) is 26.7 Å². The molecule has 7 heteroatoms. The van der Waals surface area contributed by atoms with Gasteiger partial charge >= 0.3 is 5.97 Å². The van der Waals surface area contributed by atoms with Crippen LogP contribution in [0, 0.1) is 11.2 Å². The van der Waals surface area contributed by atoms with Gasteiger partial charge in [-0.25, -0.2) is 4.39 Å². The van der Waals surface area contributed by atoms with Crippen LogP contribution < -0.4 is 10.2 Å². The first-order chi connectivity index (χ1) is 10.7. The zero-order valence-electron chi connectivity index (χ0n) is 13.1. The predicted molar refractivity (Wildman–Crippen MR) is 81.7 cm³/mol. The monoisotopic (exact) mass is 322 g/mol. The molecule has 124 valence electrons. The molecule has 0 aliphatic carbocycles. The summed E-state index contributed by atoms with van der Waals surface area (Å²) in [6.07, 6.45) is 1.16. The average Bonchev–Trinajstić information content (AvgIpc) is 2.91. The summed E-state index contributed by atoms with van der Waals surface area (Å²) in [6, 6.07) is 3.91. The lowest BCUT2D eigenvalue weighted by atomic mass is 9.94. The minimum absolute atomic E-state index is 0.0602. The topological polar surface area (TPSA) is 86.7 Å². The maximum Gasteiger partial charge on any atom is 0.310 e. The van der Waals surface area contributed by atoms with Crippen molar-refractivity contribution in [2.75, 3.05) is 18.0 Å². The van der Waals surface area contributed by atoms with E-state index in [9.17, 15) is 18.8 Å². The standard InChI is InChI=1S/C16H19FN2O4/c1-16(2,15(22)23)9-18-14(21)11-8-10(5-6-12(11)17)19-7-3-4-13(19)20/h5-6,8H,3-4,7,9H2,1-2H3,(H,18,21)(H,22,23). The number of halogens is 1. The van der Waals surface area contributed by atoms with Crippen LogP contribution in [-0.2, 0) is 9.59 Å². The number of nitrogens with one attached hydrogen (secondary N) is 1. The fourth-order valence-electron chi connectivity index (χ4n) is 2.25. The summed E-state index contributed by atoms with van der Waals surface area (Å²) in [4.78, 5) is 36.4. The molecule has 1 aliphatic rings. The third-order valence-electron chi connectivity index (χ3n) is 3.85. The van der Waals surface area contributed by atoms with Gasteiger partial charge in [0.25, 0.3) is 5.91 Å². The number of amides is 2. The maximum absolute atomic E-state index is 13.9. The van der Waals surface area contributed by atoms with Crippen LogP contribution in [0.25, 0.3) is 0 Å². The fourth-order valence-corrected chi connectivity index (χ4v) is 2.25. The number of hydrogen-bond donors (Lipinski definition) is 2. The van der Waals surface area contributed by atoms with E-state index in [1.54, 1.807) is 0 Å². The second-order valence-corrected chi connectivity index (χ2v) is 6.18. The van der Waals surface area contributed by atoms with Crippen molar-refractivity contribution in [2.24, 2.45) is 5.41 Å². The predicted octanol–water partition coefficient (Wildman–Crippen LogP) is 1.79. The number of carbonyl (C=O) groups is 3. The van der Waals surface area contributed by atoms with E-state index in [4.69, 9.17) is 5.11 Å². The molecule has 0 spiro atoms. The van der Waals surface area contributed by atoms with Gasteiger partial charge in [-0.2, -0.15) is 0 Å². The SMILES string of the molecule is CC(C)(CNC(=O)c1cc(N2CCCC2=O)ccc1F)C(=O)O. The third-order valence-corrected chi connectivity index (χ3v) is 3.85. The molecule has 23 heavy (non-hydrogen) atoms. The number of carboxylic acid groups (broad SMARTS) is 1. The Morgan fingerprint density at radius 1 is 1.39 bits per heavy atom. The summed E-state index contributed by atoms with van der Waals surface area (Å²) in [5, 5.41) is 11.5. The van der Waals surface area contributed by atoms with Crippen LogP contribution in [0.1, 0.15) is 37.0 Å². The van der Waals surface area contributed by atoms with Crippen LogP contribution in [-0.4, -0.2) is 36.0 Å². The Morgan fingerprint density at radius 2 is 2.09 bits per heavy atom. The summed E-state index contributed by atoms with van der Waals surface area (Å²) in [7, 11) is 0. The summed E-state index contributed by atoms with van der Waals surface area (Å²) in [5.41, 5.74) is -0.894. The van der Waals surface area contributed by atoms with Crippen LogP contribution >= 0.6 is 0 Å². The van der Waals surface area contributed by atoms with Crippen molar-refractivity contribution in [3.63, 3.8) is 0 Å². The molecular weight excluding hydrogens is 303 g/mol. The van der Waals surface area contributed by atoms with Crippen molar-refractivity contribution >= 4 is 23.5 Å². The van der Waals surface area contributed by atoms with Gasteiger partial charge in [0, 0.05) is 25.2 Å². The average molecular weight is 322 g/mol. The largest absolute Gasteiger partial charge is 0.481 e. The van der Waals surface area contributed by atoms with Crippen molar-refractivity contribution in [1.82, 2.24) is 5.32 Å². The van der Waals surface area contributed by atoms with Gasteiger partial charge in [0.2, 0.25) is 5.91 Å². The molecule has 0 aromatic heterocycles. The van der Waals surface area contributed by atoms with E-state index in [1.807, 2.05) is 0 Å². The number of anilines is 1. The van der Waals surface area contributed by atoms with E-state index in [0.717, 1.165) is 12.5 Å². The molecule has 0 radical (unpaired) electrons. The third kappa shape index (κ3) is 3.67. The molecule has 6 nitrogen and oxygen atoms in total. The molecule has 1 heterocycles. The first-order valence-corrected chi connectivity index (χ1v) is 7.34. The molecule has 2 amide bonds. The second-order valence-electron chi connectivity index (χ2n) is 6.18. The van der Waals surface area contributed by atoms with Crippen LogP contribution in [0.4, 0.5) is 10.1 Å². The van der Waals surface area contributed by atoms with Gasteiger partial charge in [0.05, 0.1) is 11.0 Å². The van der Waals surface area contributed by atoms with Gasteiger partial charge in [-0.05, 0) is 38.5 Å². The zero-order chi connectivity index (χ0) is 17.2. The molecule has 0 atom stereocenters. The molecule has 1 aromatic rings. The van der Waals surface area contributed by atoms with E-state index in [0.29, 0.717) is 18.7 Å². The number of hydrogen-bond acceptors (Lipinski definition) is 3. The normalized spacial score (nSPS) is 14.9. The first-order valence-electron chi connectivity index (χ1n) is 7.34. The van der Waals surface area contributed by atoms with E-state index >= 15 is 0 Å². The smallest absolute Gasteiger partial charge is 0.310 e. The van der Waals surface area contributed by atoms with E-state index in [1.165, 1.54) is 30.9 Å². The van der Waals surface area contributed by atoms with Crippen molar-refractivity contribution in [1.29, 1.82) is 0 Å². The van der Waals surface area contributed by atoms with Gasteiger partial charge in [-0.15, -0.1) is 0 Å². The van der Waals surface area contributed by atoms with Gasteiger partial charge in [-0.1, -0.05) is 0 Å². The molecule has 0 unspecified atom stereocenters. The number of carboxylic acids is 1. The highest BCUT2D eigenvalue weighted by molar-refractivity contribution is 5.99. The minimum atomic E-state index is -1.16. The summed E-state index contributed by atoms with van der Waals surface area (Å²) in [6.45, 7) is 3.33. The Bertz CT molecular complexity index is 657. The van der Waals surface area contributed by atoms with Crippen molar-refractivity contribution in [3.8, 4) is 0 Å². The van der Waals surface area contributed by atoms with E-state index in [-0.39, 0.29) is 18.0 Å². The van der Waals surface area contributed by atoms with Crippen LogP contribution in [0.3, 0.4) is 0 Å². The second kappa shape index (κ2) is 6.36. The van der Waals surface area contributed by atoms with Crippen molar-refractivity contribution in [3.05, 3.63) is 29.6 Å². The van der Waals surface area contributed by atoms with Gasteiger partial charge in [0.1, 0.15) is 5.82 Å². The fraction of sp³-hybridized carbons (Fsp3) is 0.438. The summed E-state index contributed by atoms with van der Waals surface area (Å²) < 4.78 is 13.9. The minimum Gasteiger partial charge on any atom is -0.481 e. The Hall–Kier alpha value is -2.44. The molecule has 1 saturated heterocycles. The maximum atomic E-state index is 13.9. The molecule has 0 bridgehead atoms. The summed E-state index contributed by atoms with van der Waals surface area (Å²) in [5.74, 6) is -2.54. The lowest BCUT2D eigenvalue weighted by Gasteiger charge is -2.20. The molecule has 1 aliphatic heterocycles. The lowest BCUT2D eigenvalue weighted by Crippen LogP contribution is -2.39. The Morgan fingerprint density at radius 3 is 2.65 bits per heavy atom.